The van der Waals surface area contributed by atoms with E-state index in [4.69, 9.17) is 9.47 Å². The van der Waals surface area contributed by atoms with Crippen LogP contribution in [-0.4, -0.2) is 43.6 Å². The highest BCUT2D eigenvalue weighted by Crippen LogP contribution is 2.38. The number of rotatable bonds is 5. The zero-order valence-corrected chi connectivity index (χ0v) is 20.4. The fourth-order valence-electron chi connectivity index (χ4n) is 4.13. The van der Waals surface area contributed by atoms with E-state index in [9.17, 15) is 9.59 Å². The number of hydrogen-bond donors (Lipinski definition) is 0. The van der Waals surface area contributed by atoms with Crippen molar-refractivity contribution in [3.05, 3.63) is 51.1 Å². The molecule has 0 bridgehead atoms. The van der Waals surface area contributed by atoms with Crippen LogP contribution in [0, 0.1) is 5.92 Å². The Morgan fingerprint density at radius 3 is 2.70 bits per heavy atom. The van der Waals surface area contributed by atoms with Gasteiger partial charge >= 0.3 is 5.97 Å². The largest absolute Gasteiger partial charge is 0.468 e. The summed E-state index contributed by atoms with van der Waals surface area (Å²) in [6.45, 7) is 6.51. The Labute approximate surface area is 198 Å². The van der Waals surface area contributed by atoms with Gasteiger partial charge in [-0.1, -0.05) is 43.8 Å². The number of thiophene rings is 1. The molecule has 4 aromatic rings. The lowest BCUT2D eigenvalue weighted by Gasteiger charge is -2.26. The maximum absolute atomic E-state index is 13.9. The SMILES string of the molecule is COC(=O)[C@@H](C)Sc1nnc2n(-c3ccccc3)c(=O)c3c4c(sc3n12)CO[C@@H](C(C)C)C4. The van der Waals surface area contributed by atoms with Crippen LogP contribution in [0.4, 0.5) is 0 Å². The van der Waals surface area contributed by atoms with Crippen molar-refractivity contribution in [2.45, 2.75) is 50.3 Å². The van der Waals surface area contributed by atoms with Gasteiger partial charge in [-0.2, -0.15) is 0 Å². The molecule has 2 atom stereocenters. The lowest BCUT2D eigenvalue weighted by molar-refractivity contribution is -0.139. The molecule has 0 fully saturated rings. The molecule has 0 aliphatic carbocycles. The van der Waals surface area contributed by atoms with E-state index >= 15 is 0 Å². The minimum absolute atomic E-state index is 0.0599. The van der Waals surface area contributed by atoms with Crippen LogP contribution in [0.3, 0.4) is 0 Å². The summed E-state index contributed by atoms with van der Waals surface area (Å²) in [5.74, 6) is 0.413. The van der Waals surface area contributed by atoms with Crippen molar-refractivity contribution in [1.82, 2.24) is 19.2 Å². The highest BCUT2D eigenvalue weighted by atomic mass is 32.2. The van der Waals surface area contributed by atoms with E-state index in [1.165, 1.54) is 30.2 Å². The molecule has 0 spiro atoms. The van der Waals surface area contributed by atoms with Gasteiger partial charge < -0.3 is 9.47 Å². The molecule has 3 aromatic heterocycles. The van der Waals surface area contributed by atoms with Crippen molar-refractivity contribution in [3.63, 3.8) is 0 Å². The molecule has 0 saturated carbocycles. The summed E-state index contributed by atoms with van der Waals surface area (Å²) in [5, 5.41) is 9.47. The number of fused-ring (bicyclic) bond motifs is 5. The lowest BCUT2D eigenvalue weighted by Crippen LogP contribution is -2.28. The second kappa shape index (κ2) is 8.58. The second-order valence-corrected chi connectivity index (χ2v) is 10.8. The van der Waals surface area contributed by atoms with E-state index in [1.54, 1.807) is 11.5 Å². The summed E-state index contributed by atoms with van der Waals surface area (Å²) in [6, 6.07) is 9.44. The summed E-state index contributed by atoms with van der Waals surface area (Å²) in [6.07, 6.45) is 0.746. The van der Waals surface area contributed by atoms with Crippen LogP contribution in [0.2, 0.25) is 0 Å². The van der Waals surface area contributed by atoms with Gasteiger partial charge in [0.05, 0.1) is 30.9 Å². The van der Waals surface area contributed by atoms with Crippen LogP contribution in [0.25, 0.3) is 21.7 Å². The molecule has 33 heavy (non-hydrogen) atoms. The van der Waals surface area contributed by atoms with Gasteiger partial charge in [0, 0.05) is 11.3 Å². The Bertz CT molecular complexity index is 1410. The number of hydrogen-bond acceptors (Lipinski definition) is 8. The Balaban J connectivity index is 1.81. The maximum atomic E-state index is 13.9. The van der Waals surface area contributed by atoms with Crippen molar-refractivity contribution in [1.29, 1.82) is 0 Å². The van der Waals surface area contributed by atoms with Gasteiger partial charge in [-0.3, -0.25) is 9.59 Å². The summed E-state index contributed by atoms with van der Waals surface area (Å²) in [7, 11) is 1.37. The van der Waals surface area contributed by atoms with E-state index in [-0.39, 0.29) is 17.6 Å². The maximum Gasteiger partial charge on any atom is 0.318 e. The van der Waals surface area contributed by atoms with Gasteiger partial charge in [-0.25, -0.2) is 8.97 Å². The summed E-state index contributed by atoms with van der Waals surface area (Å²) in [5.41, 5.74) is 1.64. The highest BCUT2D eigenvalue weighted by Gasteiger charge is 2.30. The number of benzene rings is 1. The van der Waals surface area contributed by atoms with Crippen LogP contribution in [0.1, 0.15) is 31.2 Å². The first-order chi connectivity index (χ1) is 15.9. The van der Waals surface area contributed by atoms with E-state index < -0.39 is 5.25 Å². The molecule has 0 amide bonds. The molecule has 8 nitrogen and oxygen atoms in total. The normalized spacial score (nSPS) is 16.9. The van der Waals surface area contributed by atoms with Crippen molar-refractivity contribution in [2.75, 3.05) is 7.11 Å². The smallest absolute Gasteiger partial charge is 0.318 e. The number of para-hydroxylation sites is 1. The molecule has 172 valence electrons. The quantitative estimate of drug-likeness (QED) is 0.314. The summed E-state index contributed by atoms with van der Waals surface area (Å²) < 4.78 is 14.5. The molecule has 0 unspecified atom stereocenters. The molecule has 1 aliphatic heterocycles. The van der Waals surface area contributed by atoms with Crippen LogP contribution < -0.4 is 5.56 Å². The summed E-state index contributed by atoms with van der Waals surface area (Å²) in [4.78, 5) is 27.8. The lowest BCUT2D eigenvalue weighted by atomic mass is 9.96. The number of nitrogens with zero attached hydrogens (tertiary/aromatic N) is 4. The molecule has 0 radical (unpaired) electrons. The highest BCUT2D eigenvalue weighted by molar-refractivity contribution is 8.00. The number of aromatic nitrogens is 4. The minimum atomic E-state index is -0.474. The predicted octanol–water partition coefficient (Wildman–Crippen LogP) is 3.85. The van der Waals surface area contributed by atoms with Crippen molar-refractivity contribution in [3.8, 4) is 5.69 Å². The Kier molecular flexibility index (Phi) is 5.75. The van der Waals surface area contributed by atoms with Crippen LogP contribution in [0.15, 0.2) is 40.3 Å². The Morgan fingerprint density at radius 1 is 1.24 bits per heavy atom. The molecular weight excluding hydrogens is 460 g/mol. The Morgan fingerprint density at radius 2 is 2.00 bits per heavy atom. The third-order valence-corrected chi connectivity index (χ3v) is 8.13. The van der Waals surface area contributed by atoms with Gasteiger partial charge in [-0.05, 0) is 30.5 Å². The van der Waals surface area contributed by atoms with E-state index in [2.05, 4.69) is 24.0 Å². The van der Waals surface area contributed by atoms with Crippen LogP contribution in [-0.2, 0) is 27.3 Å². The third-order valence-electron chi connectivity index (χ3n) is 5.92. The van der Waals surface area contributed by atoms with Gasteiger partial charge in [0.2, 0.25) is 5.78 Å². The molecule has 1 aromatic carbocycles. The van der Waals surface area contributed by atoms with E-state index in [0.717, 1.165) is 15.3 Å². The topological polar surface area (TPSA) is 87.7 Å². The molecule has 0 saturated heterocycles. The van der Waals surface area contributed by atoms with Gasteiger partial charge in [0.1, 0.15) is 10.1 Å². The number of thioether (sulfide) groups is 1. The molecular formula is C23H24N4O4S2. The molecule has 10 heteroatoms. The number of esters is 1. The standard InChI is InChI=1S/C23H24N4O4S2/c1-12(2)16-10-15-17(11-31-16)33-20-18(15)19(28)26(14-8-6-5-7-9-14)22-24-25-23(27(20)22)32-13(3)21(29)30-4/h5-9,12-13,16H,10-11H2,1-4H3/t13-,16-/m1/s1. The first-order valence-electron chi connectivity index (χ1n) is 10.8. The Hall–Kier alpha value is -2.69. The fourth-order valence-corrected chi connectivity index (χ4v) is 6.30. The van der Waals surface area contributed by atoms with Crippen molar-refractivity contribution >= 4 is 45.1 Å². The fraction of sp³-hybridized carbons (Fsp3) is 0.391. The van der Waals surface area contributed by atoms with Crippen molar-refractivity contribution in [2.24, 2.45) is 5.92 Å². The number of ether oxygens (including phenoxy) is 2. The molecule has 1 aliphatic rings. The molecule has 4 heterocycles. The van der Waals surface area contributed by atoms with Gasteiger partial charge in [0.15, 0.2) is 5.16 Å². The third kappa shape index (κ3) is 3.66. The first-order valence-corrected chi connectivity index (χ1v) is 12.5. The molecule has 5 rings (SSSR count). The summed E-state index contributed by atoms with van der Waals surface area (Å²) >= 11 is 2.80. The zero-order chi connectivity index (χ0) is 23.3. The number of carbonyl (C=O) groups excluding carboxylic acids is 1. The number of methoxy groups -OCH3 is 1. The monoisotopic (exact) mass is 484 g/mol. The minimum Gasteiger partial charge on any atom is -0.468 e. The average molecular weight is 485 g/mol. The van der Waals surface area contributed by atoms with Crippen molar-refractivity contribution < 1.29 is 14.3 Å². The first kappa shape index (κ1) is 22.1. The van der Waals surface area contributed by atoms with Crippen LogP contribution in [0.5, 0.6) is 0 Å². The average Bonchev–Trinajstić information content (AvgIpc) is 3.40. The number of carbonyl (C=O) groups is 1. The van der Waals surface area contributed by atoms with E-state index in [0.29, 0.717) is 41.0 Å². The van der Waals surface area contributed by atoms with E-state index in [1.807, 2.05) is 34.7 Å². The predicted molar refractivity (Wildman–Crippen MR) is 128 cm³/mol. The van der Waals surface area contributed by atoms with Gasteiger partial charge in [0.25, 0.3) is 5.56 Å². The van der Waals surface area contributed by atoms with Crippen LogP contribution >= 0.6 is 23.1 Å². The van der Waals surface area contributed by atoms with Gasteiger partial charge in [-0.15, -0.1) is 21.5 Å². The molecule has 0 N–H and O–H groups in total. The second-order valence-electron chi connectivity index (χ2n) is 8.36. The zero-order valence-electron chi connectivity index (χ0n) is 18.8.